The van der Waals surface area contributed by atoms with Crippen LogP contribution in [-0.2, 0) is 11.2 Å². The molecule has 128 valence electrons. The fourth-order valence-corrected chi connectivity index (χ4v) is 3.00. The molecule has 0 atom stereocenters. The van der Waals surface area contributed by atoms with Gasteiger partial charge in [-0.05, 0) is 36.6 Å². The molecule has 1 aliphatic heterocycles. The van der Waals surface area contributed by atoms with E-state index in [0.717, 1.165) is 37.3 Å². The topological polar surface area (TPSA) is 89.8 Å². The molecule has 0 radical (unpaired) electrons. The average Bonchev–Trinajstić information content (AvgIpc) is 2.65. The van der Waals surface area contributed by atoms with Crippen LogP contribution in [0, 0.1) is 10.1 Å². The second kappa shape index (κ2) is 6.72. The molecule has 2 aromatic carbocycles. The second-order valence-corrected chi connectivity index (χ2v) is 5.67. The fraction of sp³-hybridized carbons (Fsp3) is 0.222. The molecule has 0 aliphatic carbocycles. The lowest BCUT2D eigenvalue weighted by Gasteiger charge is -2.29. The van der Waals surface area contributed by atoms with E-state index in [0.29, 0.717) is 6.54 Å². The molecule has 0 fully saturated rings. The first-order valence-electron chi connectivity index (χ1n) is 7.79. The third kappa shape index (κ3) is 3.08. The standard InChI is InChI=1S/C18H16N2O5/c1-25-18(22)14-9-8-13(11-16(14)20(23)24)17(21)19-10-4-6-12-5-2-3-7-15(12)19/h2-3,5,7-9,11H,4,6,10H2,1H3. The Labute approximate surface area is 144 Å². The highest BCUT2D eigenvalue weighted by atomic mass is 16.6. The Morgan fingerprint density at radius 1 is 1.20 bits per heavy atom. The van der Waals surface area contributed by atoms with Gasteiger partial charge in [0.25, 0.3) is 11.6 Å². The van der Waals surface area contributed by atoms with Gasteiger partial charge in [-0.15, -0.1) is 0 Å². The van der Waals surface area contributed by atoms with Crippen LogP contribution in [0.2, 0.25) is 0 Å². The SMILES string of the molecule is COC(=O)c1ccc(C(=O)N2CCCc3ccccc32)cc1[N+](=O)[O-]. The zero-order valence-electron chi connectivity index (χ0n) is 13.6. The molecule has 0 saturated carbocycles. The van der Waals surface area contributed by atoms with Gasteiger partial charge in [-0.3, -0.25) is 14.9 Å². The molecule has 0 N–H and O–H groups in total. The van der Waals surface area contributed by atoms with Crippen molar-refractivity contribution >= 4 is 23.3 Å². The quantitative estimate of drug-likeness (QED) is 0.487. The zero-order valence-corrected chi connectivity index (χ0v) is 13.6. The van der Waals surface area contributed by atoms with Crippen LogP contribution in [0.1, 0.15) is 32.7 Å². The summed E-state index contributed by atoms with van der Waals surface area (Å²) in [7, 11) is 1.15. The summed E-state index contributed by atoms with van der Waals surface area (Å²) in [5, 5.41) is 11.3. The molecule has 7 nitrogen and oxygen atoms in total. The minimum atomic E-state index is -0.811. The molecule has 2 aromatic rings. The van der Waals surface area contributed by atoms with Crippen LogP contribution >= 0.6 is 0 Å². The molecule has 0 bridgehead atoms. The Balaban J connectivity index is 2.00. The van der Waals surface area contributed by atoms with Gasteiger partial charge in [-0.25, -0.2) is 4.79 Å². The fourth-order valence-electron chi connectivity index (χ4n) is 3.00. The van der Waals surface area contributed by atoms with Crippen molar-refractivity contribution in [3.05, 3.63) is 69.3 Å². The molecule has 0 unspecified atom stereocenters. The van der Waals surface area contributed by atoms with Crippen molar-refractivity contribution in [3.8, 4) is 0 Å². The molecule has 7 heteroatoms. The number of esters is 1. The molecule has 0 saturated heterocycles. The number of fused-ring (bicyclic) bond motifs is 1. The number of nitrogens with zero attached hydrogens (tertiary/aromatic N) is 2. The number of nitro groups is 1. The Hall–Kier alpha value is -3.22. The Morgan fingerprint density at radius 3 is 2.68 bits per heavy atom. The summed E-state index contributed by atoms with van der Waals surface area (Å²) >= 11 is 0. The number of methoxy groups -OCH3 is 1. The maximum Gasteiger partial charge on any atom is 0.344 e. The van der Waals surface area contributed by atoms with Crippen LogP contribution in [0.5, 0.6) is 0 Å². The third-order valence-electron chi connectivity index (χ3n) is 4.20. The predicted molar refractivity (Wildman–Crippen MR) is 90.9 cm³/mol. The maximum absolute atomic E-state index is 12.9. The molecular weight excluding hydrogens is 324 g/mol. The number of benzene rings is 2. The van der Waals surface area contributed by atoms with Gasteiger partial charge >= 0.3 is 5.97 Å². The number of amides is 1. The number of para-hydroxylation sites is 1. The predicted octanol–water partition coefficient (Wildman–Crippen LogP) is 2.97. The number of anilines is 1. The normalized spacial score (nSPS) is 13.1. The molecule has 1 heterocycles. The van der Waals surface area contributed by atoms with Crippen molar-refractivity contribution in [1.29, 1.82) is 0 Å². The zero-order chi connectivity index (χ0) is 18.0. The van der Waals surface area contributed by atoms with Crippen LogP contribution in [0.15, 0.2) is 42.5 Å². The van der Waals surface area contributed by atoms with Gasteiger partial charge < -0.3 is 9.64 Å². The summed E-state index contributed by atoms with van der Waals surface area (Å²) in [5.74, 6) is -1.14. The van der Waals surface area contributed by atoms with E-state index in [4.69, 9.17) is 0 Å². The largest absolute Gasteiger partial charge is 0.465 e. The lowest BCUT2D eigenvalue weighted by atomic mass is 10.0. The number of rotatable bonds is 3. The summed E-state index contributed by atoms with van der Waals surface area (Å²) in [6.07, 6.45) is 1.71. The van der Waals surface area contributed by atoms with Gasteiger partial charge in [0.2, 0.25) is 0 Å². The lowest BCUT2D eigenvalue weighted by molar-refractivity contribution is -0.385. The Kier molecular flexibility index (Phi) is 4.47. The Morgan fingerprint density at radius 2 is 1.96 bits per heavy atom. The molecule has 1 amide bonds. The van der Waals surface area contributed by atoms with Gasteiger partial charge in [0.1, 0.15) is 5.56 Å². The number of aryl methyl sites for hydroxylation is 1. The van der Waals surface area contributed by atoms with E-state index in [-0.39, 0.29) is 17.0 Å². The van der Waals surface area contributed by atoms with Gasteiger partial charge in [-0.2, -0.15) is 0 Å². The first kappa shape index (κ1) is 16.6. The molecule has 0 spiro atoms. The highest BCUT2D eigenvalue weighted by Gasteiger charge is 2.27. The van der Waals surface area contributed by atoms with Crippen molar-refractivity contribution < 1.29 is 19.2 Å². The lowest BCUT2D eigenvalue weighted by Crippen LogP contribution is -2.35. The monoisotopic (exact) mass is 340 g/mol. The molecule has 1 aliphatic rings. The summed E-state index contributed by atoms with van der Waals surface area (Å²) < 4.78 is 4.55. The summed E-state index contributed by atoms with van der Waals surface area (Å²) in [4.78, 5) is 36.7. The molecular formula is C18H16N2O5. The van der Waals surface area contributed by atoms with E-state index in [9.17, 15) is 19.7 Å². The number of ether oxygens (including phenoxy) is 1. The van der Waals surface area contributed by atoms with Crippen LogP contribution in [0.3, 0.4) is 0 Å². The second-order valence-electron chi connectivity index (χ2n) is 5.67. The van der Waals surface area contributed by atoms with Gasteiger partial charge in [0.15, 0.2) is 0 Å². The summed E-state index contributed by atoms with van der Waals surface area (Å²) in [6.45, 7) is 0.544. The average molecular weight is 340 g/mol. The maximum atomic E-state index is 12.9. The third-order valence-corrected chi connectivity index (χ3v) is 4.20. The number of carbonyl (C=O) groups excluding carboxylic acids is 2. The van der Waals surface area contributed by atoms with E-state index < -0.39 is 16.6 Å². The van der Waals surface area contributed by atoms with Crippen molar-refractivity contribution in [3.63, 3.8) is 0 Å². The first-order chi connectivity index (χ1) is 12.0. The minimum absolute atomic E-state index is 0.163. The molecule has 3 rings (SSSR count). The number of nitro benzene ring substituents is 1. The van der Waals surface area contributed by atoms with Gasteiger partial charge in [0, 0.05) is 23.9 Å². The van der Waals surface area contributed by atoms with Crippen LogP contribution < -0.4 is 4.90 Å². The number of hydrogen-bond donors (Lipinski definition) is 0. The number of carbonyl (C=O) groups is 2. The molecule has 0 aromatic heterocycles. The number of hydrogen-bond acceptors (Lipinski definition) is 5. The molecule has 25 heavy (non-hydrogen) atoms. The van der Waals surface area contributed by atoms with E-state index in [1.54, 1.807) is 4.90 Å². The Bertz CT molecular complexity index is 862. The van der Waals surface area contributed by atoms with Crippen LogP contribution in [-0.4, -0.2) is 30.5 Å². The van der Waals surface area contributed by atoms with Gasteiger partial charge in [-0.1, -0.05) is 18.2 Å². The van der Waals surface area contributed by atoms with Crippen molar-refractivity contribution in [2.45, 2.75) is 12.8 Å². The van der Waals surface area contributed by atoms with E-state index in [1.807, 2.05) is 24.3 Å². The van der Waals surface area contributed by atoms with Crippen molar-refractivity contribution in [2.75, 3.05) is 18.6 Å². The van der Waals surface area contributed by atoms with E-state index in [2.05, 4.69) is 4.74 Å². The van der Waals surface area contributed by atoms with E-state index in [1.165, 1.54) is 12.1 Å². The highest BCUT2D eigenvalue weighted by Crippen LogP contribution is 2.29. The van der Waals surface area contributed by atoms with Crippen LogP contribution in [0.25, 0.3) is 0 Å². The first-order valence-corrected chi connectivity index (χ1v) is 7.79. The highest BCUT2D eigenvalue weighted by molar-refractivity contribution is 6.08. The van der Waals surface area contributed by atoms with Crippen molar-refractivity contribution in [1.82, 2.24) is 0 Å². The van der Waals surface area contributed by atoms with Crippen LogP contribution in [0.4, 0.5) is 11.4 Å². The minimum Gasteiger partial charge on any atom is -0.465 e. The van der Waals surface area contributed by atoms with Crippen molar-refractivity contribution in [2.24, 2.45) is 0 Å². The van der Waals surface area contributed by atoms with E-state index >= 15 is 0 Å². The summed E-state index contributed by atoms with van der Waals surface area (Å²) in [6, 6.07) is 11.4. The van der Waals surface area contributed by atoms with Gasteiger partial charge in [0.05, 0.1) is 12.0 Å². The summed E-state index contributed by atoms with van der Waals surface area (Å²) in [5.41, 5.74) is 1.43. The smallest absolute Gasteiger partial charge is 0.344 e.